The topological polar surface area (TPSA) is 87.4 Å². The molecule has 0 saturated carbocycles. The van der Waals surface area contributed by atoms with Crippen LogP contribution in [0.3, 0.4) is 0 Å². The smallest absolute Gasteiger partial charge is 0.237 e. The summed E-state index contributed by atoms with van der Waals surface area (Å²) in [6.07, 6.45) is -0.830. The number of hydrogen-bond donors (Lipinski definition) is 4. The summed E-state index contributed by atoms with van der Waals surface area (Å²) in [6.45, 7) is 8.53. The predicted molar refractivity (Wildman–Crippen MR) is 98.5 cm³/mol. The van der Waals surface area contributed by atoms with Gasteiger partial charge in [-0.25, -0.2) is 8.78 Å². The molecule has 0 saturated heterocycles. The van der Waals surface area contributed by atoms with Crippen LogP contribution in [0.25, 0.3) is 0 Å². The van der Waals surface area contributed by atoms with Crippen molar-refractivity contribution < 1.29 is 18.7 Å². The van der Waals surface area contributed by atoms with Gasteiger partial charge in [-0.15, -0.1) is 0 Å². The first-order chi connectivity index (χ1) is 12.1. The molecule has 0 bridgehead atoms. The molecule has 1 rings (SSSR count). The number of nitrogens with one attached hydrogen (secondary N) is 2. The molecule has 0 aliphatic carbocycles. The molecule has 0 aliphatic heterocycles. The molecule has 0 radical (unpaired) electrons. The van der Waals surface area contributed by atoms with Crippen molar-refractivity contribution in [3.8, 4) is 0 Å². The van der Waals surface area contributed by atoms with Crippen molar-refractivity contribution in [2.75, 3.05) is 13.1 Å². The Labute approximate surface area is 154 Å². The summed E-state index contributed by atoms with van der Waals surface area (Å²) in [5.74, 6) is -1.11. The lowest BCUT2D eigenvalue weighted by molar-refractivity contribution is -0.124. The third-order valence-corrected chi connectivity index (χ3v) is 4.07. The Morgan fingerprint density at radius 2 is 1.69 bits per heavy atom. The van der Waals surface area contributed by atoms with Crippen LogP contribution < -0.4 is 16.4 Å². The van der Waals surface area contributed by atoms with Crippen molar-refractivity contribution in [3.63, 3.8) is 0 Å². The lowest BCUT2D eigenvalue weighted by atomic mass is 9.99. The standard InChI is InChI=1S/C19H31F2N3O2/c1-11(2)9-24-19(26)18(12(3)4)23-10-17(25)16(22)7-13-5-14(20)8-15(21)6-13/h5-6,8,11-12,16-18,23,25H,7,9-10,22H2,1-4H3,(H,24,26)/t16-,17+,18?/m0/s1. The Balaban J connectivity index is 2.58. The summed E-state index contributed by atoms with van der Waals surface area (Å²) in [4.78, 5) is 12.3. The number of benzene rings is 1. The minimum absolute atomic E-state index is 0.0305. The van der Waals surface area contributed by atoms with Gasteiger partial charge in [-0.1, -0.05) is 27.7 Å². The lowest BCUT2D eigenvalue weighted by Gasteiger charge is -2.26. The van der Waals surface area contributed by atoms with E-state index < -0.39 is 29.8 Å². The van der Waals surface area contributed by atoms with Crippen LogP contribution in [0.15, 0.2) is 18.2 Å². The van der Waals surface area contributed by atoms with E-state index in [1.165, 1.54) is 12.1 Å². The molecule has 5 nitrogen and oxygen atoms in total. The number of aliphatic hydroxyl groups is 1. The number of amides is 1. The summed E-state index contributed by atoms with van der Waals surface area (Å²) in [6, 6.07) is 2.01. The molecule has 148 valence electrons. The zero-order chi connectivity index (χ0) is 19.9. The van der Waals surface area contributed by atoms with Crippen molar-refractivity contribution in [2.45, 2.75) is 52.3 Å². The van der Waals surface area contributed by atoms with Crippen molar-refractivity contribution in [2.24, 2.45) is 17.6 Å². The fourth-order valence-corrected chi connectivity index (χ4v) is 2.58. The molecule has 3 atom stereocenters. The maximum atomic E-state index is 13.2. The Morgan fingerprint density at radius 1 is 1.12 bits per heavy atom. The average Bonchev–Trinajstić information content (AvgIpc) is 2.51. The Kier molecular flexibility index (Phi) is 9.12. The van der Waals surface area contributed by atoms with Gasteiger partial charge in [-0.2, -0.15) is 0 Å². The van der Waals surface area contributed by atoms with E-state index in [0.717, 1.165) is 6.07 Å². The van der Waals surface area contributed by atoms with Gasteiger partial charge in [0.05, 0.1) is 12.1 Å². The van der Waals surface area contributed by atoms with E-state index >= 15 is 0 Å². The highest BCUT2D eigenvalue weighted by atomic mass is 19.1. The van der Waals surface area contributed by atoms with Crippen LogP contribution in [-0.2, 0) is 11.2 Å². The van der Waals surface area contributed by atoms with Gasteiger partial charge in [0.2, 0.25) is 5.91 Å². The fourth-order valence-electron chi connectivity index (χ4n) is 2.58. The van der Waals surface area contributed by atoms with Crippen LogP contribution in [-0.4, -0.2) is 42.3 Å². The number of carbonyl (C=O) groups is 1. The predicted octanol–water partition coefficient (Wildman–Crippen LogP) is 1.58. The number of aliphatic hydroxyl groups excluding tert-OH is 1. The van der Waals surface area contributed by atoms with Gasteiger partial charge < -0.3 is 21.5 Å². The third-order valence-electron chi connectivity index (χ3n) is 4.07. The summed E-state index contributed by atoms with van der Waals surface area (Å²) in [5.41, 5.74) is 6.33. The highest BCUT2D eigenvalue weighted by molar-refractivity contribution is 5.82. The minimum Gasteiger partial charge on any atom is -0.390 e. The number of rotatable bonds is 10. The van der Waals surface area contributed by atoms with E-state index in [9.17, 15) is 18.7 Å². The monoisotopic (exact) mass is 371 g/mol. The van der Waals surface area contributed by atoms with Gasteiger partial charge in [0.1, 0.15) is 11.6 Å². The van der Waals surface area contributed by atoms with E-state index in [2.05, 4.69) is 10.6 Å². The van der Waals surface area contributed by atoms with Gasteiger partial charge in [-0.3, -0.25) is 4.79 Å². The first-order valence-corrected chi connectivity index (χ1v) is 8.99. The maximum absolute atomic E-state index is 13.2. The molecule has 0 spiro atoms. The first-order valence-electron chi connectivity index (χ1n) is 8.99. The first kappa shape index (κ1) is 22.5. The van der Waals surface area contributed by atoms with Gasteiger partial charge in [0, 0.05) is 25.2 Å². The van der Waals surface area contributed by atoms with E-state index in [1.807, 2.05) is 27.7 Å². The average molecular weight is 371 g/mol. The zero-order valence-corrected chi connectivity index (χ0v) is 15.9. The molecular weight excluding hydrogens is 340 g/mol. The second-order valence-electron chi connectivity index (χ2n) is 7.48. The van der Waals surface area contributed by atoms with Gasteiger partial charge in [0.15, 0.2) is 0 Å². The number of carbonyl (C=O) groups excluding carboxylic acids is 1. The summed E-state index contributed by atoms with van der Waals surface area (Å²) < 4.78 is 26.5. The molecule has 0 aliphatic rings. The summed E-state index contributed by atoms with van der Waals surface area (Å²) in [5, 5.41) is 16.2. The van der Waals surface area contributed by atoms with Crippen LogP contribution in [0, 0.1) is 23.5 Å². The zero-order valence-electron chi connectivity index (χ0n) is 15.9. The van der Waals surface area contributed by atoms with Crippen LogP contribution in [0.1, 0.15) is 33.3 Å². The van der Waals surface area contributed by atoms with Crippen molar-refractivity contribution in [3.05, 3.63) is 35.4 Å². The molecule has 7 heteroatoms. The Morgan fingerprint density at radius 3 is 2.19 bits per heavy atom. The minimum atomic E-state index is -0.958. The molecule has 1 amide bonds. The van der Waals surface area contributed by atoms with Crippen LogP contribution in [0.4, 0.5) is 8.78 Å². The molecule has 0 heterocycles. The van der Waals surface area contributed by atoms with Crippen molar-refractivity contribution in [1.82, 2.24) is 10.6 Å². The van der Waals surface area contributed by atoms with E-state index in [-0.39, 0.29) is 24.8 Å². The second-order valence-corrected chi connectivity index (χ2v) is 7.48. The van der Waals surface area contributed by atoms with E-state index in [0.29, 0.717) is 18.0 Å². The van der Waals surface area contributed by atoms with Crippen LogP contribution >= 0.6 is 0 Å². The van der Waals surface area contributed by atoms with Crippen LogP contribution in [0.2, 0.25) is 0 Å². The number of halogens is 2. The summed E-state index contributed by atoms with van der Waals surface area (Å²) in [7, 11) is 0. The SMILES string of the molecule is CC(C)CNC(=O)C(NC[C@@H](O)[C@@H](N)Cc1cc(F)cc(F)c1)C(C)C. The van der Waals surface area contributed by atoms with Gasteiger partial charge in [-0.05, 0) is 36.0 Å². The van der Waals surface area contributed by atoms with Crippen LogP contribution in [0.5, 0.6) is 0 Å². The molecular formula is C19H31F2N3O2. The Hall–Kier alpha value is -1.57. The molecule has 0 aromatic heterocycles. The third kappa shape index (κ3) is 7.76. The fraction of sp³-hybridized carbons (Fsp3) is 0.632. The lowest BCUT2D eigenvalue weighted by Crippen LogP contribution is -2.52. The van der Waals surface area contributed by atoms with Crippen molar-refractivity contribution in [1.29, 1.82) is 0 Å². The van der Waals surface area contributed by atoms with E-state index in [4.69, 9.17) is 5.73 Å². The molecule has 0 fully saturated rings. The highest BCUT2D eigenvalue weighted by Crippen LogP contribution is 2.11. The molecule has 26 heavy (non-hydrogen) atoms. The Bertz CT molecular complexity index is 562. The molecule has 1 unspecified atom stereocenters. The quantitative estimate of drug-likeness (QED) is 0.503. The maximum Gasteiger partial charge on any atom is 0.237 e. The van der Waals surface area contributed by atoms with Gasteiger partial charge in [0.25, 0.3) is 0 Å². The molecule has 1 aromatic carbocycles. The van der Waals surface area contributed by atoms with Gasteiger partial charge >= 0.3 is 0 Å². The second kappa shape index (κ2) is 10.5. The van der Waals surface area contributed by atoms with E-state index in [1.54, 1.807) is 0 Å². The number of nitrogens with two attached hydrogens (primary N) is 1. The largest absolute Gasteiger partial charge is 0.390 e. The molecule has 1 aromatic rings. The normalized spacial score (nSPS) is 15.2. The number of hydrogen-bond acceptors (Lipinski definition) is 4. The highest BCUT2D eigenvalue weighted by Gasteiger charge is 2.24. The van der Waals surface area contributed by atoms with Crippen molar-refractivity contribution >= 4 is 5.91 Å². The summed E-state index contributed by atoms with van der Waals surface area (Å²) >= 11 is 0. The molecule has 5 N–H and O–H groups in total.